The van der Waals surface area contributed by atoms with Crippen LogP contribution in [0, 0.1) is 17.8 Å². The van der Waals surface area contributed by atoms with Gasteiger partial charge in [-0.1, -0.05) is 6.92 Å². The first-order chi connectivity index (χ1) is 13.3. The van der Waals surface area contributed by atoms with E-state index in [0.29, 0.717) is 11.3 Å². The lowest BCUT2D eigenvalue weighted by Gasteiger charge is -2.46. The summed E-state index contributed by atoms with van der Waals surface area (Å²) in [4.78, 5) is 28.9. The number of β-lactam (4-membered cyclic amide) rings is 1. The molecule has 0 unspecified atom stereocenters. The van der Waals surface area contributed by atoms with Crippen LogP contribution < -0.4 is 5.73 Å². The number of nitrogens with zero attached hydrogens (tertiary/aromatic N) is 2. The van der Waals surface area contributed by atoms with Gasteiger partial charge in [-0.3, -0.25) is 4.79 Å². The number of carbonyl (C=O) groups excluding carboxylic acids is 1. The zero-order valence-corrected chi connectivity index (χ0v) is 17.4. The second-order valence-corrected chi connectivity index (χ2v) is 10.4. The first-order valence-electron chi connectivity index (χ1n) is 10.4. The molecule has 8 heteroatoms. The molecule has 156 valence electrons. The van der Waals surface area contributed by atoms with Gasteiger partial charge >= 0.3 is 5.97 Å². The van der Waals surface area contributed by atoms with Crippen molar-refractivity contribution in [1.29, 1.82) is 0 Å². The molecule has 4 N–H and O–H groups in total. The maximum atomic E-state index is 12.4. The predicted molar refractivity (Wildman–Crippen MR) is 107 cm³/mol. The average molecular weight is 410 g/mol. The molecule has 3 heterocycles. The van der Waals surface area contributed by atoms with Gasteiger partial charge in [-0.15, -0.1) is 11.8 Å². The first kappa shape index (κ1) is 20.2. The van der Waals surface area contributed by atoms with Gasteiger partial charge < -0.3 is 25.7 Å². The smallest absolute Gasteiger partial charge is 0.353 e. The summed E-state index contributed by atoms with van der Waals surface area (Å²) < 4.78 is 0. The number of aliphatic hydroxyl groups is 1. The number of thioether (sulfide) groups is 1. The van der Waals surface area contributed by atoms with Crippen LogP contribution in [0.4, 0.5) is 0 Å². The Kier molecular flexibility index (Phi) is 5.50. The molecule has 3 aliphatic heterocycles. The molecular formula is C20H31N3O4S. The van der Waals surface area contributed by atoms with Crippen molar-refractivity contribution >= 4 is 23.6 Å². The van der Waals surface area contributed by atoms with E-state index in [1.165, 1.54) is 17.7 Å². The fraction of sp³-hybridized carbons (Fsp3) is 0.800. The number of carboxylic acids is 1. The Morgan fingerprint density at radius 2 is 1.93 bits per heavy atom. The van der Waals surface area contributed by atoms with Crippen LogP contribution in [0.2, 0.25) is 0 Å². The van der Waals surface area contributed by atoms with Crippen LogP contribution in [0.3, 0.4) is 0 Å². The zero-order chi connectivity index (χ0) is 20.2. The van der Waals surface area contributed by atoms with Gasteiger partial charge in [0.25, 0.3) is 0 Å². The number of amides is 1. The van der Waals surface area contributed by atoms with E-state index in [0.717, 1.165) is 43.3 Å². The van der Waals surface area contributed by atoms with Crippen LogP contribution in [0.5, 0.6) is 0 Å². The summed E-state index contributed by atoms with van der Waals surface area (Å²) in [5.74, 6) is -1.09. The highest BCUT2D eigenvalue weighted by molar-refractivity contribution is 8.03. The number of rotatable bonds is 6. The molecule has 4 aliphatic rings. The molecule has 0 aromatic heterocycles. The van der Waals surface area contributed by atoms with E-state index in [4.69, 9.17) is 5.73 Å². The molecule has 0 bridgehead atoms. The minimum absolute atomic E-state index is 0.0396. The van der Waals surface area contributed by atoms with Gasteiger partial charge in [0.05, 0.1) is 18.1 Å². The van der Waals surface area contributed by atoms with E-state index in [1.807, 2.05) is 6.92 Å². The Balaban J connectivity index is 1.36. The summed E-state index contributed by atoms with van der Waals surface area (Å²) >= 11 is 1.63. The number of fused-ring (bicyclic) bond motifs is 1. The largest absolute Gasteiger partial charge is 0.477 e. The summed E-state index contributed by atoms with van der Waals surface area (Å²) in [7, 11) is 0. The van der Waals surface area contributed by atoms with E-state index < -0.39 is 18.0 Å². The van der Waals surface area contributed by atoms with Crippen LogP contribution in [0.1, 0.15) is 39.5 Å². The van der Waals surface area contributed by atoms with Crippen molar-refractivity contribution in [2.24, 2.45) is 23.5 Å². The zero-order valence-electron chi connectivity index (χ0n) is 16.6. The Labute approximate surface area is 170 Å². The van der Waals surface area contributed by atoms with Gasteiger partial charge in [0.1, 0.15) is 5.70 Å². The predicted octanol–water partition coefficient (Wildman–Crippen LogP) is 1.07. The van der Waals surface area contributed by atoms with E-state index in [2.05, 4.69) is 4.90 Å². The summed E-state index contributed by atoms with van der Waals surface area (Å²) in [5, 5.41) is 20.0. The second kappa shape index (κ2) is 7.63. The van der Waals surface area contributed by atoms with Gasteiger partial charge in [-0.25, -0.2) is 4.79 Å². The molecule has 4 rings (SSSR count). The number of hydrogen-bond donors (Lipinski definition) is 3. The molecule has 3 fully saturated rings. The van der Waals surface area contributed by atoms with E-state index in [-0.39, 0.29) is 23.6 Å². The van der Waals surface area contributed by atoms with Gasteiger partial charge in [0.2, 0.25) is 5.91 Å². The van der Waals surface area contributed by atoms with Crippen molar-refractivity contribution in [1.82, 2.24) is 9.80 Å². The fourth-order valence-electron chi connectivity index (χ4n) is 5.34. The minimum Gasteiger partial charge on any atom is -0.477 e. The molecule has 7 nitrogen and oxygen atoms in total. The third-order valence-corrected chi connectivity index (χ3v) is 8.39. The maximum Gasteiger partial charge on any atom is 0.353 e. The number of aliphatic carboxylic acids is 1. The molecule has 4 atom stereocenters. The molecule has 1 aliphatic carbocycles. The van der Waals surface area contributed by atoms with Crippen LogP contribution in [0.15, 0.2) is 10.6 Å². The number of nitrogens with two attached hydrogens (primary N) is 1. The van der Waals surface area contributed by atoms with Crippen LogP contribution in [0.25, 0.3) is 0 Å². The third-order valence-electron chi connectivity index (χ3n) is 6.94. The molecule has 28 heavy (non-hydrogen) atoms. The summed E-state index contributed by atoms with van der Waals surface area (Å²) in [6.45, 7) is 6.64. The molecule has 1 saturated carbocycles. The quantitative estimate of drug-likeness (QED) is 0.564. The normalized spacial score (nSPS) is 37.5. The first-order valence-corrected chi connectivity index (χ1v) is 11.3. The second-order valence-electron chi connectivity index (χ2n) is 9.01. The van der Waals surface area contributed by atoms with Gasteiger partial charge in [-0.05, 0) is 38.5 Å². The van der Waals surface area contributed by atoms with Crippen molar-refractivity contribution in [3.8, 4) is 0 Å². The lowest BCUT2D eigenvalue weighted by molar-refractivity contribution is -0.163. The molecule has 0 spiro atoms. The lowest BCUT2D eigenvalue weighted by atomic mass is 9.79. The van der Waals surface area contributed by atoms with E-state index in [9.17, 15) is 19.8 Å². The SMILES string of the molecule is C[C@@H](O)[C@H]1C(=O)N2C(C(=O)O)=C(SC3CN(C[C@H]4CC[C@@H](N)CC4)C3)[C@H](C)[C@H]12. The molecule has 0 aromatic rings. The molecule has 2 saturated heterocycles. The van der Waals surface area contributed by atoms with Crippen LogP contribution in [-0.2, 0) is 9.59 Å². The maximum absolute atomic E-state index is 12.4. The van der Waals surface area contributed by atoms with Crippen LogP contribution in [-0.4, -0.2) is 75.0 Å². The Morgan fingerprint density at radius 3 is 2.50 bits per heavy atom. The summed E-state index contributed by atoms with van der Waals surface area (Å²) in [5.41, 5.74) is 6.13. The van der Waals surface area contributed by atoms with Crippen molar-refractivity contribution in [2.75, 3.05) is 19.6 Å². The minimum atomic E-state index is -1.04. The lowest BCUT2D eigenvalue weighted by Crippen LogP contribution is -2.63. The molecular weight excluding hydrogens is 378 g/mol. The number of carboxylic acid groups (broad SMARTS) is 1. The molecule has 0 radical (unpaired) electrons. The fourth-order valence-corrected chi connectivity index (χ4v) is 6.92. The van der Waals surface area contributed by atoms with Gasteiger partial charge in [0.15, 0.2) is 0 Å². The molecule has 1 amide bonds. The van der Waals surface area contributed by atoms with Crippen LogP contribution >= 0.6 is 11.8 Å². The third kappa shape index (κ3) is 3.38. The van der Waals surface area contributed by atoms with Crippen molar-refractivity contribution in [3.63, 3.8) is 0 Å². The summed E-state index contributed by atoms with van der Waals surface area (Å²) in [6.07, 6.45) is 3.91. The highest BCUT2D eigenvalue weighted by Crippen LogP contribution is 2.52. The number of carbonyl (C=O) groups is 2. The summed E-state index contributed by atoms with van der Waals surface area (Å²) in [6, 6.07) is 0.156. The van der Waals surface area contributed by atoms with Crippen molar-refractivity contribution in [3.05, 3.63) is 10.6 Å². The topological polar surface area (TPSA) is 107 Å². The standard InChI is InChI=1S/C20H31N3O4S/c1-10-16-15(11(2)24)19(25)23(16)17(20(26)27)18(10)28-14-8-22(9-14)7-12-3-5-13(21)6-4-12/h10-16,24H,3-9,21H2,1-2H3,(H,26,27)/t10-,11-,12-,13+,15-,16-/m1/s1. The Bertz CT molecular complexity index is 683. The Morgan fingerprint density at radius 1 is 1.29 bits per heavy atom. The Hall–Kier alpha value is -1.09. The highest BCUT2D eigenvalue weighted by atomic mass is 32.2. The van der Waals surface area contributed by atoms with E-state index >= 15 is 0 Å². The number of hydrogen-bond acceptors (Lipinski definition) is 6. The van der Waals surface area contributed by atoms with Crippen molar-refractivity contribution in [2.45, 2.75) is 63.0 Å². The van der Waals surface area contributed by atoms with Gasteiger partial charge in [0, 0.05) is 41.7 Å². The monoisotopic (exact) mass is 409 g/mol. The van der Waals surface area contributed by atoms with E-state index in [1.54, 1.807) is 18.7 Å². The van der Waals surface area contributed by atoms with Gasteiger partial charge in [-0.2, -0.15) is 0 Å². The highest BCUT2D eigenvalue weighted by Gasteiger charge is 2.60. The number of aliphatic hydroxyl groups excluding tert-OH is 1. The molecule has 0 aromatic carbocycles. The van der Waals surface area contributed by atoms with Crippen molar-refractivity contribution < 1.29 is 19.8 Å². The average Bonchev–Trinajstić information content (AvgIpc) is 2.83. The number of likely N-dealkylation sites (tertiary alicyclic amines) is 1.